The van der Waals surface area contributed by atoms with Gasteiger partial charge in [-0.3, -0.25) is 14.6 Å². The third kappa shape index (κ3) is 6.07. The van der Waals surface area contributed by atoms with Gasteiger partial charge in [-0.1, -0.05) is 18.2 Å². The first-order valence-corrected chi connectivity index (χ1v) is 9.54. The molecule has 0 radical (unpaired) electrons. The standard InChI is InChI=1S/C21H24FN3O4/c22-15-5-3-4-14(10-15)12-24-20(27)11-16-7-8-17(19(13-26)29-16)25-21(28)18-6-1-2-9-23-18/h1-6,9-10,16-17,19,26H,7-8,11-13H2,(H,24,27)(H,25,28)/t16-,17-,19-/m1/s1. The van der Waals surface area contributed by atoms with Crippen LogP contribution in [0.25, 0.3) is 0 Å². The van der Waals surface area contributed by atoms with Gasteiger partial charge in [-0.05, 0) is 42.7 Å². The number of hydrogen-bond donors (Lipinski definition) is 3. The molecule has 1 aromatic carbocycles. The largest absolute Gasteiger partial charge is 0.394 e. The van der Waals surface area contributed by atoms with Crippen LogP contribution in [0.1, 0.15) is 35.3 Å². The first-order valence-electron chi connectivity index (χ1n) is 9.54. The van der Waals surface area contributed by atoms with Crippen molar-refractivity contribution in [1.82, 2.24) is 15.6 Å². The molecule has 2 amide bonds. The summed E-state index contributed by atoms with van der Waals surface area (Å²) >= 11 is 0. The molecule has 2 heterocycles. The summed E-state index contributed by atoms with van der Waals surface area (Å²) in [6.07, 6.45) is 1.85. The number of benzene rings is 1. The maximum absolute atomic E-state index is 13.2. The molecular weight excluding hydrogens is 377 g/mol. The SMILES string of the molecule is O=C(C[C@H]1CC[C@@H](NC(=O)c2ccccn2)[C@@H](CO)O1)NCc1cccc(F)c1. The van der Waals surface area contributed by atoms with Crippen LogP contribution in [0.2, 0.25) is 0 Å². The monoisotopic (exact) mass is 401 g/mol. The lowest BCUT2D eigenvalue weighted by Crippen LogP contribution is -2.51. The Hall–Kier alpha value is -2.84. The second kappa shape index (κ2) is 10.1. The van der Waals surface area contributed by atoms with Crippen molar-refractivity contribution in [2.75, 3.05) is 6.61 Å². The third-order valence-corrected chi connectivity index (χ3v) is 4.80. The lowest BCUT2D eigenvalue weighted by Gasteiger charge is -2.35. The van der Waals surface area contributed by atoms with E-state index in [1.54, 1.807) is 30.3 Å². The van der Waals surface area contributed by atoms with Crippen LogP contribution in [0.3, 0.4) is 0 Å². The van der Waals surface area contributed by atoms with Crippen LogP contribution < -0.4 is 10.6 Å². The molecule has 0 unspecified atom stereocenters. The Kier molecular flexibility index (Phi) is 7.26. The predicted molar refractivity (Wildman–Crippen MR) is 103 cm³/mol. The Bertz CT molecular complexity index is 834. The molecule has 1 saturated heterocycles. The number of ether oxygens (including phenoxy) is 1. The Labute approximate surface area is 168 Å². The lowest BCUT2D eigenvalue weighted by molar-refractivity contribution is -0.131. The van der Waals surface area contributed by atoms with E-state index in [9.17, 15) is 19.1 Å². The number of hydrogen-bond acceptors (Lipinski definition) is 5. The molecule has 29 heavy (non-hydrogen) atoms. The van der Waals surface area contributed by atoms with Gasteiger partial charge in [-0.15, -0.1) is 0 Å². The number of nitrogens with zero attached hydrogens (tertiary/aromatic N) is 1. The second-order valence-electron chi connectivity index (χ2n) is 6.96. The molecule has 7 nitrogen and oxygen atoms in total. The van der Waals surface area contributed by atoms with Crippen LogP contribution in [0.4, 0.5) is 4.39 Å². The van der Waals surface area contributed by atoms with E-state index in [2.05, 4.69) is 15.6 Å². The summed E-state index contributed by atoms with van der Waals surface area (Å²) in [6.45, 7) is -0.0376. The molecule has 0 spiro atoms. The molecular formula is C21H24FN3O4. The van der Waals surface area contributed by atoms with E-state index < -0.39 is 6.10 Å². The molecule has 1 aliphatic heterocycles. The minimum absolute atomic E-state index is 0.132. The number of carbonyl (C=O) groups is 2. The van der Waals surface area contributed by atoms with Crippen molar-refractivity contribution in [3.05, 3.63) is 65.7 Å². The summed E-state index contributed by atoms with van der Waals surface area (Å²) in [6, 6.07) is 10.7. The Balaban J connectivity index is 1.47. The molecule has 3 atom stereocenters. The maximum atomic E-state index is 13.2. The van der Waals surface area contributed by atoms with Gasteiger partial charge >= 0.3 is 0 Å². The summed E-state index contributed by atoms with van der Waals surface area (Å²) in [5, 5.41) is 15.2. The van der Waals surface area contributed by atoms with Gasteiger partial charge in [0.2, 0.25) is 5.91 Å². The summed E-state index contributed by atoms with van der Waals surface area (Å²) in [7, 11) is 0. The molecule has 1 aromatic heterocycles. The number of aliphatic hydroxyl groups excluding tert-OH is 1. The van der Waals surface area contributed by atoms with Crippen molar-refractivity contribution < 1.29 is 23.8 Å². The first kappa shape index (κ1) is 20.9. The predicted octanol–water partition coefficient (Wildman–Crippen LogP) is 1.57. The molecule has 0 bridgehead atoms. The van der Waals surface area contributed by atoms with Crippen molar-refractivity contribution in [1.29, 1.82) is 0 Å². The van der Waals surface area contributed by atoms with Gasteiger partial charge in [0.05, 0.1) is 25.2 Å². The van der Waals surface area contributed by atoms with Crippen molar-refractivity contribution in [2.45, 2.75) is 44.1 Å². The van der Waals surface area contributed by atoms with E-state index in [1.807, 2.05) is 0 Å². The smallest absolute Gasteiger partial charge is 0.270 e. The van der Waals surface area contributed by atoms with Gasteiger partial charge in [0.25, 0.3) is 5.91 Å². The number of aromatic nitrogens is 1. The van der Waals surface area contributed by atoms with Gasteiger partial charge in [0.15, 0.2) is 0 Å². The zero-order valence-electron chi connectivity index (χ0n) is 15.9. The topological polar surface area (TPSA) is 101 Å². The van der Waals surface area contributed by atoms with Gasteiger partial charge in [0.1, 0.15) is 17.6 Å². The molecule has 0 saturated carbocycles. The van der Waals surface area contributed by atoms with E-state index in [0.29, 0.717) is 24.1 Å². The van der Waals surface area contributed by atoms with Crippen LogP contribution in [0.5, 0.6) is 0 Å². The normalized spacial score (nSPS) is 21.4. The number of halogens is 1. The molecule has 0 aliphatic carbocycles. The van der Waals surface area contributed by atoms with E-state index in [0.717, 1.165) is 0 Å². The summed E-state index contributed by atoms with van der Waals surface area (Å²) in [4.78, 5) is 28.5. The van der Waals surface area contributed by atoms with E-state index >= 15 is 0 Å². The maximum Gasteiger partial charge on any atom is 0.270 e. The minimum Gasteiger partial charge on any atom is -0.394 e. The van der Waals surface area contributed by atoms with Gasteiger partial charge in [0, 0.05) is 12.7 Å². The van der Waals surface area contributed by atoms with Crippen LogP contribution in [0.15, 0.2) is 48.7 Å². The van der Waals surface area contributed by atoms with Gasteiger partial charge < -0.3 is 20.5 Å². The van der Waals surface area contributed by atoms with Crippen molar-refractivity contribution in [3.8, 4) is 0 Å². The zero-order valence-corrected chi connectivity index (χ0v) is 15.9. The molecule has 1 aliphatic rings. The zero-order chi connectivity index (χ0) is 20.6. The molecule has 3 rings (SSSR count). The van der Waals surface area contributed by atoms with E-state index in [-0.39, 0.29) is 49.3 Å². The summed E-state index contributed by atoms with van der Waals surface area (Å²) in [5.41, 5.74) is 0.969. The Morgan fingerprint density at radius 3 is 2.79 bits per heavy atom. The summed E-state index contributed by atoms with van der Waals surface area (Å²) < 4.78 is 19.0. The fourth-order valence-corrected chi connectivity index (χ4v) is 3.31. The highest BCUT2D eigenvalue weighted by molar-refractivity contribution is 5.92. The lowest BCUT2D eigenvalue weighted by atomic mass is 9.96. The van der Waals surface area contributed by atoms with Crippen LogP contribution in [-0.2, 0) is 16.1 Å². The number of amides is 2. The number of carbonyl (C=O) groups excluding carboxylic acids is 2. The van der Waals surface area contributed by atoms with Gasteiger partial charge in [-0.2, -0.15) is 0 Å². The number of nitrogens with one attached hydrogen (secondary N) is 2. The molecule has 8 heteroatoms. The second-order valence-corrected chi connectivity index (χ2v) is 6.96. The highest BCUT2D eigenvalue weighted by Gasteiger charge is 2.33. The van der Waals surface area contributed by atoms with Crippen LogP contribution in [0, 0.1) is 5.82 Å². The van der Waals surface area contributed by atoms with Crippen molar-refractivity contribution in [3.63, 3.8) is 0 Å². The number of rotatable bonds is 7. The van der Waals surface area contributed by atoms with Gasteiger partial charge in [-0.25, -0.2) is 4.39 Å². The Morgan fingerprint density at radius 2 is 2.07 bits per heavy atom. The fraction of sp³-hybridized carbons (Fsp3) is 0.381. The van der Waals surface area contributed by atoms with Crippen molar-refractivity contribution >= 4 is 11.8 Å². The molecule has 3 N–H and O–H groups in total. The molecule has 154 valence electrons. The van der Waals surface area contributed by atoms with Crippen LogP contribution >= 0.6 is 0 Å². The summed E-state index contributed by atoms with van der Waals surface area (Å²) in [5.74, 6) is -0.896. The van der Waals surface area contributed by atoms with E-state index in [4.69, 9.17) is 4.74 Å². The van der Waals surface area contributed by atoms with Crippen LogP contribution in [-0.4, -0.2) is 46.8 Å². The third-order valence-electron chi connectivity index (χ3n) is 4.80. The highest BCUT2D eigenvalue weighted by Crippen LogP contribution is 2.22. The molecule has 1 fully saturated rings. The minimum atomic E-state index is -0.600. The Morgan fingerprint density at radius 1 is 1.21 bits per heavy atom. The highest BCUT2D eigenvalue weighted by atomic mass is 19.1. The van der Waals surface area contributed by atoms with Crippen molar-refractivity contribution in [2.24, 2.45) is 0 Å². The quantitative estimate of drug-likeness (QED) is 0.654. The fourth-order valence-electron chi connectivity index (χ4n) is 3.31. The first-order chi connectivity index (χ1) is 14.0. The number of aliphatic hydroxyl groups is 1. The molecule has 2 aromatic rings. The average Bonchev–Trinajstić information content (AvgIpc) is 2.74. The number of pyridine rings is 1. The average molecular weight is 401 g/mol. The van der Waals surface area contributed by atoms with E-state index in [1.165, 1.54) is 18.3 Å².